The molecular formula is C20H18F3N5OS. The summed E-state index contributed by atoms with van der Waals surface area (Å²) in [4.78, 5) is 19.9. The van der Waals surface area contributed by atoms with E-state index in [0.29, 0.717) is 11.2 Å². The van der Waals surface area contributed by atoms with Crippen LogP contribution in [0.3, 0.4) is 0 Å². The molecule has 0 radical (unpaired) electrons. The van der Waals surface area contributed by atoms with Crippen molar-refractivity contribution in [2.45, 2.75) is 30.4 Å². The Morgan fingerprint density at radius 2 is 2.07 bits per heavy atom. The van der Waals surface area contributed by atoms with E-state index >= 15 is 0 Å². The number of nitrogens with zero attached hydrogens (tertiary/aromatic N) is 3. The normalized spacial score (nSPS) is 13.4. The minimum Gasteiger partial charge on any atom is -0.338 e. The van der Waals surface area contributed by atoms with Gasteiger partial charge in [-0.2, -0.15) is 13.2 Å². The maximum atomic E-state index is 12.9. The van der Waals surface area contributed by atoms with Crippen LogP contribution in [0.1, 0.15) is 12.5 Å². The van der Waals surface area contributed by atoms with Gasteiger partial charge in [0, 0.05) is 10.9 Å². The lowest BCUT2D eigenvalue weighted by Gasteiger charge is -2.17. The molecule has 1 atom stereocenters. The maximum absolute atomic E-state index is 12.9. The summed E-state index contributed by atoms with van der Waals surface area (Å²) in [6.07, 6.45) is -2.49. The Hall–Kier alpha value is -3.14. The zero-order valence-corrected chi connectivity index (χ0v) is 17.0. The van der Waals surface area contributed by atoms with Crippen molar-refractivity contribution in [1.82, 2.24) is 25.5 Å². The number of benzene rings is 1. The number of nitrogens with one attached hydrogen (secondary N) is 2. The summed E-state index contributed by atoms with van der Waals surface area (Å²) < 4.78 is 38.8. The highest BCUT2D eigenvalue weighted by Gasteiger charge is 2.35. The lowest BCUT2D eigenvalue weighted by atomic mass is 10.2. The number of alkyl halides is 3. The van der Waals surface area contributed by atoms with Crippen LogP contribution >= 0.6 is 11.8 Å². The number of fused-ring (bicyclic) bond motifs is 3. The van der Waals surface area contributed by atoms with Gasteiger partial charge >= 0.3 is 6.18 Å². The molecule has 3 aromatic rings. The van der Waals surface area contributed by atoms with Crippen molar-refractivity contribution in [3.8, 4) is 0 Å². The summed E-state index contributed by atoms with van der Waals surface area (Å²) in [5.41, 5.74) is 1.41. The van der Waals surface area contributed by atoms with E-state index in [4.69, 9.17) is 0 Å². The van der Waals surface area contributed by atoms with Gasteiger partial charge in [-0.15, -0.1) is 10.2 Å². The number of amides is 1. The summed E-state index contributed by atoms with van der Waals surface area (Å²) in [5, 5.41) is 10.8. The van der Waals surface area contributed by atoms with Crippen molar-refractivity contribution < 1.29 is 18.0 Å². The molecule has 2 N–H and O–H groups in total. The molecule has 30 heavy (non-hydrogen) atoms. The summed E-state index contributed by atoms with van der Waals surface area (Å²) in [5.74, 6) is -0.658. The van der Waals surface area contributed by atoms with Crippen LogP contribution < -0.4 is 5.32 Å². The maximum Gasteiger partial charge on any atom is 0.417 e. The van der Waals surface area contributed by atoms with Crippen LogP contribution in [0.15, 0.2) is 59.9 Å². The number of aryl methyl sites for hydroxylation is 1. The number of hydrogen-bond donors (Lipinski definition) is 2. The molecular weight excluding hydrogens is 415 g/mol. The van der Waals surface area contributed by atoms with Gasteiger partial charge in [0.2, 0.25) is 11.1 Å². The summed E-state index contributed by atoms with van der Waals surface area (Å²) in [6.45, 7) is 9.86. The van der Waals surface area contributed by atoms with Crippen molar-refractivity contribution in [3.63, 3.8) is 0 Å². The van der Waals surface area contributed by atoms with Crippen LogP contribution in [0.5, 0.6) is 0 Å². The van der Waals surface area contributed by atoms with Gasteiger partial charge in [-0.05, 0) is 32.1 Å². The van der Waals surface area contributed by atoms with E-state index in [1.54, 1.807) is 0 Å². The molecule has 1 unspecified atom stereocenters. The molecule has 3 rings (SSSR count). The molecule has 0 aliphatic heterocycles. The smallest absolute Gasteiger partial charge is 0.338 e. The Bertz CT molecular complexity index is 1180. The number of carbonyl (C=O) groups excluding carboxylic acids is 1. The van der Waals surface area contributed by atoms with Gasteiger partial charge in [-0.25, -0.2) is 4.98 Å². The lowest BCUT2D eigenvalue weighted by Crippen LogP contribution is -2.33. The van der Waals surface area contributed by atoms with Gasteiger partial charge < -0.3 is 10.3 Å². The van der Waals surface area contributed by atoms with Crippen LogP contribution in [-0.2, 0) is 4.79 Å². The molecule has 0 bridgehead atoms. The highest BCUT2D eigenvalue weighted by atomic mass is 32.2. The molecule has 0 spiro atoms. The Morgan fingerprint density at radius 1 is 1.33 bits per heavy atom. The predicted octanol–water partition coefficient (Wildman–Crippen LogP) is 4.60. The second-order valence-electron chi connectivity index (χ2n) is 6.51. The molecule has 0 aliphatic carbocycles. The third-order valence-corrected chi connectivity index (χ3v) is 5.16. The fourth-order valence-corrected chi connectivity index (χ4v) is 3.37. The number of aromatic nitrogens is 4. The number of hydrogen-bond acceptors (Lipinski definition) is 5. The number of carbonyl (C=O) groups is 1. The molecule has 2 aromatic heterocycles. The molecule has 156 valence electrons. The molecule has 0 saturated heterocycles. The monoisotopic (exact) mass is 433 g/mol. The Morgan fingerprint density at radius 3 is 2.73 bits per heavy atom. The molecule has 0 aliphatic rings. The Kier molecular flexibility index (Phi) is 5.97. The zero-order valence-electron chi connectivity index (χ0n) is 16.2. The van der Waals surface area contributed by atoms with Gasteiger partial charge in [0.15, 0.2) is 5.65 Å². The van der Waals surface area contributed by atoms with Crippen molar-refractivity contribution in [3.05, 3.63) is 60.3 Å². The van der Waals surface area contributed by atoms with Gasteiger partial charge in [0.1, 0.15) is 5.52 Å². The third-order valence-electron chi connectivity index (χ3n) is 4.21. The van der Waals surface area contributed by atoms with Crippen molar-refractivity contribution in [2.75, 3.05) is 0 Å². The fraction of sp³-hybridized carbons (Fsp3) is 0.200. The standard InChI is InChI=1S/C20H18F3N5OS/c1-5-6-14(11(3)20(21,22)23)25-18(29)12(4)30-19-26-17-16(27-28-19)13-9-10(2)7-8-15(13)24-17/h5-9,12H,1,3H2,2,4H3,(H,25,29)(H,24,26,28)/b14-6+. The second kappa shape index (κ2) is 8.31. The largest absolute Gasteiger partial charge is 0.417 e. The summed E-state index contributed by atoms with van der Waals surface area (Å²) in [7, 11) is 0. The summed E-state index contributed by atoms with van der Waals surface area (Å²) >= 11 is 0.978. The minimum atomic E-state index is -4.68. The van der Waals surface area contributed by atoms with Crippen molar-refractivity contribution >= 4 is 39.7 Å². The molecule has 0 saturated carbocycles. The van der Waals surface area contributed by atoms with E-state index < -0.39 is 28.6 Å². The quantitative estimate of drug-likeness (QED) is 0.439. The number of thioether (sulfide) groups is 1. The van der Waals surface area contributed by atoms with Gasteiger partial charge in [0.25, 0.3) is 0 Å². The fourth-order valence-electron chi connectivity index (χ4n) is 2.65. The van der Waals surface area contributed by atoms with Crippen LogP contribution in [0.2, 0.25) is 0 Å². The first-order valence-corrected chi connectivity index (χ1v) is 9.67. The van der Waals surface area contributed by atoms with E-state index in [0.717, 1.165) is 40.4 Å². The van der Waals surface area contributed by atoms with Gasteiger partial charge in [-0.1, -0.05) is 42.6 Å². The lowest BCUT2D eigenvalue weighted by molar-refractivity contribution is -0.119. The average molecular weight is 433 g/mol. The molecule has 6 nitrogen and oxygen atoms in total. The number of halogens is 3. The first-order chi connectivity index (χ1) is 14.1. The highest BCUT2D eigenvalue weighted by Crippen LogP contribution is 2.29. The Labute approximate surface area is 174 Å². The summed E-state index contributed by atoms with van der Waals surface area (Å²) in [6, 6.07) is 5.84. The predicted molar refractivity (Wildman–Crippen MR) is 111 cm³/mol. The van der Waals surface area contributed by atoms with E-state index in [1.165, 1.54) is 6.92 Å². The highest BCUT2D eigenvalue weighted by molar-refractivity contribution is 8.00. The third kappa shape index (κ3) is 4.54. The molecule has 10 heteroatoms. The van der Waals surface area contributed by atoms with Gasteiger partial charge in [0.05, 0.1) is 16.5 Å². The van der Waals surface area contributed by atoms with Crippen molar-refractivity contribution in [1.29, 1.82) is 0 Å². The molecule has 1 aromatic carbocycles. The van der Waals surface area contributed by atoms with E-state index in [2.05, 4.69) is 38.6 Å². The minimum absolute atomic E-state index is 0.220. The number of rotatable bonds is 6. The molecule has 2 heterocycles. The topological polar surface area (TPSA) is 83.6 Å². The van der Waals surface area contributed by atoms with E-state index in [9.17, 15) is 18.0 Å². The average Bonchev–Trinajstić information content (AvgIpc) is 3.03. The van der Waals surface area contributed by atoms with Gasteiger partial charge in [-0.3, -0.25) is 4.79 Å². The van der Waals surface area contributed by atoms with Crippen molar-refractivity contribution in [2.24, 2.45) is 0 Å². The van der Waals surface area contributed by atoms with Crippen LogP contribution in [0, 0.1) is 6.92 Å². The number of H-pyrrole nitrogens is 1. The van der Waals surface area contributed by atoms with Crippen LogP contribution in [0.4, 0.5) is 13.2 Å². The van der Waals surface area contributed by atoms with E-state index in [1.807, 2.05) is 25.1 Å². The first kappa shape index (κ1) is 21.6. The zero-order chi connectivity index (χ0) is 22.1. The van der Waals surface area contributed by atoms with Crippen LogP contribution in [0.25, 0.3) is 22.1 Å². The molecule has 0 fully saturated rings. The number of aromatic amines is 1. The molecule has 1 amide bonds. The SMILES string of the molecule is C=C/C=C(/NC(=O)C(C)Sc1nnc2c(n1)[nH]c1ccc(C)cc12)C(=C)C(F)(F)F. The van der Waals surface area contributed by atoms with E-state index in [-0.39, 0.29) is 5.16 Å². The number of allylic oxidation sites excluding steroid dienone is 3. The van der Waals surface area contributed by atoms with Crippen LogP contribution in [-0.4, -0.2) is 37.5 Å². The first-order valence-electron chi connectivity index (χ1n) is 8.79. The second-order valence-corrected chi connectivity index (χ2v) is 7.82. The Balaban J connectivity index is 1.78.